The number of rotatable bonds is 10. The van der Waals surface area contributed by atoms with E-state index in [2.05, 4.69) is 41.9 Å². The molecule has 0 bridgehead atoms. The summed E-state index contributed by atoms with van der Waals surface area (Å²) in [5.74, 6) is 2.08. The standard InChI is InChI=1S/C29H33N3O3/c1-5-35-25-11-6-8-21(16-25)23-12-14-27-31-29(22-9-7-10-24(17-22)34-4)26(32(27)19-23)13-15-28(33)30-18-20(2)3/h6-12,14,16-17,19-20H,5,13,15,18H2,1-4H3,(H,30,33). The van der Waals surface area contributed by atoms with Crippen LogP contribution in [0.4, 0.5) is 0 Å². The molecule has 0 spiro atoms. The number of amides is 1. The zero-order valence-electron chi connectivity index (χ0n) is 20.9. The Balaban J connectivity index is 1.75. The largest absolute Gasteiger partial charge is 0.497 e. The number of carbonyl (C=O) groups excluding carboxylic acids is 1. The lowest BCUT2D eigenvalue weighted by molar-refractivity contribution is -0.121. The predicted molar refractivity (Wildman–Crippen MR) is 140 cm³/mol. The number of methoxy groups -OCH3 is 1. The van der Waals surface area contributed by atoms with Gasteiger partial charge in [0.15, 0.2) is 0 Å². The number of aromatic nitrogens is 2. The maximum absolute atomic E-state index is 12.5. The average molecular weight is 472 g/mol. The molecule has 2 aromatic heterocycles. The highest BCUT2D eigenvalue weighted by atomic mass is 16.5. The summed E-state index contributed by atoms with van der Waals surface area (Å²) in [5.41, 5.74) is 5.78. The van der Waals surface area contributed by atoms with Crippen molar-refractivity contribution in [1.29, 1.82) is 0 Å². The second-order valence-corrected chi connectivity index (χ2v) is 8.94. The van der Waals surface area contributed by atoms with Gasteiger partial charge >= 0.3 is 0 Å². The van der Waals surface area contributed by atoms with Gasteiger partial charge in [0, 0.05) is 24.7 Å². The predicted octanol–water partition coefficient (Wildman–Crippen LogP) is 5.78. The number of ether oxygens (including phenoxy) is 2. The van der Waals surface area contributed by atoms with Crippen LogP contribution in [0.1, 0.15) is 32.9 Å². The first-order chi connectivity index (χ1) is 17.0. The van der Waals surface area contributed by atoms with Gasteiger partial charge in [0.2, 0.25) is 5.91 Å². The van der Waals surface area contributed by atoms with E-state index in [0.717, 1.165) is 45.2 Å². The van der Waals surface area contributed by atoms with Gasteiger partial charge in [0.1, 0.15) is 17.1 Å². The summed E-state index contributed by atoms with van der Waals surface area (Å²) in [6.07, 6.45) is 3.06. The lowest BCUT2D eigenvalue weighted by atomic mass is 10.1. The summed E-state index contributed by atoms with van der Waals surface area (Å²) < 4.78 is 13.2. The highest BCUT2D eigenvalue weighted by molar-refractivity contribution is 5.77. The molecular formula is C29H33N3O3. The van der Waals surface area contributed by atoms with Gasteiger partial charge in [-0.25, -0.2) is 4.98 Å². The number of hydrogen-bond donors (Lipinski definition) is 1. The Morgan fingerprint density at radius 2 is 1.74 bits per heavy atom. The molecule has 2 aromatic carbocycles. The number of benzene rings is 2. The number of hydrogen-bond acceptors (Lipinski definition) is 4. The first-order valence-corrected chi connectivity index (χ1v) is 12.1. The number of nitrogens with one attached hydrogen (secondary N) is 1. The summed E-state index contributed by atoms with van der Waals surface area (Å²) in [4.78, 5) is 17.5. The molecule has 4 rings (SSSR count). The van der Waals surface area contributed by atoms with Crippen molar-refractivity contribution in [3.05, 3.63) is 72.6 Å². The van der Waals surface area contributed by atoms with E-state index < -0.39 is 0 Å². The van der Waals surface area contributed by atoms with Crippen molar-refractivity contribution < 1.29 is 14.3 Å². The van der Waals surface area contributed by atoms with Crippen molar-refractivity contribution in [2.45, 2.75) is 33.6 Å². The van der Waals surface area contributed by atoms with Gasteiger partial charge in [-0.05, 0) is 66.8 Å². The molecule has 6 nitrogen and oxygen atoms in total. The van der Waals surface area contributed by atoms with Crippen LogP contribution in [0.3, 0.4) is 0 Å². The number of carbonyl (C=O) groups is 1. The van der Waals surface area contributed by atoms with Gasteiger partial charge in [-0.15, -0.1) is 0 Å². The minimum Gasteiger partial charge on any atom is -0.497 e. The Morgan fingerprint density at radius 3 is 2.49 bits per heavy atom. The van der Waals surface area contributed by atoms with E-state index in [9.17, 15) is 4.79 Å². The molecule has 0 aliphatic rings. The molecule has 4 aromatic rings. The smallest absolute Gasteiger partial charge is 0.220 e. The SMILES string of the molecule is CCOc1cccc(-c2ccc3nc(-c4cccc(OC)c4)c(CCC(=O)NCC(C)C)n3c2)c1. The Morgan fingerprint density at radius 1 is 1.00 bits per heavy atom. The molecule has 0 fully saturated rings. The van der Waals surface area contributed by atoms with Crippen LogP contribution in [0.15, 0.2) is 66.9 Å². The first kappa shape index (κ1) is 24.3. The van der Waals surface area contributed by atoms with Crippen molar-refractivity contribution in [2.24, 2.45) is 5.92 Å². The van der Waals surface area contributed by atoms with Gasteiger partial charge in [0.05, 0.1) is 25.1 Å². The normalized spacial score (nSPS) is 11.1. The van der Waals surface area contributed by atoms with Crippen LogP contribution in [0.5, 0.6) is 11.5 Å². The molecule has 1 amide bonds. The Kier molecular flexibility index (Phi) is 7.70. The van der Waals surface area contributed by atoms with Gasteiger partial charge in [-0.1, -0.05) is 38.1 Å². The van der Waals surface area contributed by atoms with Crippen LogP contribution in [-0.2, 0) is 11.2 Å². The summed E-state index contributed by atoms with van der Waals surface area (Å²) >= 11 is 0. The van der Waals surface area contributed by atoms with E-state index in [1.165, 1.54) is 0 Å². The molecule has 0 aliphatic carbocycles. The Labute approximate surface area is 206 Å². The quantitative estimate of drug-likeness (QED) is 0.318. The number of imidazole rings is 1. The Hall–Kier alpha value is -3.80. The van der Waals surface area contributed by atoms with Crippen molar-refractivity contribution in [1.82, 2.24) is 14.7 Å². The van der Waals surface area contributed by atoms with Crippen LogP contribution in [-0.4, -0.2) is 35.6 Å². The third-order valence-electron chi connectivity index (χ3n) is 5.84. The van der Waals surface area contributed by atoms with E-state index in [1.54, 1.807) is 7.11 Å². The van der Waals surface area contributed by atoms with Gasteiger partial charge in [-0.2, -0.15) is 0 Å². The lowest BCUT2D eigenvalue weighted by Crippen LogP contribution is -2.27. The van der Waals surface area contributed by atoms with Crippen LogP contribution >= 0.6 is 0 Å². The minimum absolute atomic E-state index is 0.0470. The molecule has 0 aliphatic heterocycles. The van der Waals surface area contributed by atoms with E-state index in [4.69, 9.17) is 14.5 Å². The van der Waals surface area contributed by atoms with Crippen LogP contribution in [0.25, 0.3) is 28.0 Å². The molecule has 0 unspecified atom stereocenters. The van der Waals surface area contributed by atoms with Crippen molar-refractivity contribution in [2.75, 3.05) is 20.3 Å². The monoisotopic (exact) mass is 471 g/mol. The third kappa shape index (κ3) is 5.83. The van der Waals surface area contributed by atoms with E-state index in [1.807, 2.05) is 55.5 Å². The zero-order chi connectivity index (χ0) is 24.8. The van der Waals surface area contributed by atoms with Crippen molar-refractivity contribution in [3.63, 3.8) is 0 Å². The number of fused-ring (bicyclic) bond motifs is 1. The first-order valence-electron chi connectivity index (χ1n) is 12.1. The van der Waals surface area contributed by atoms with Crippen LogP contribution < -0.4 is 14.8 Å². The topological polar surface area (TPSA) is 64.9 Å². The second kappa shape index (κ2) is 11.1. The molecule has 0 saturated heterocycles. The van der Waals surface area contributed by atoms with Crippen LogP contribution in [0, 0.1) is 5.92 Å². The molecule has 35 heavy (non-hydrogen) atoms. The van der Waals surface area contributed by atoms with E-state index >= 15 is 0 Å². The molecule has 2 heterocycles. The molecule has 1 N–H and O–H groups in total. The Bertz CT molecular complexity index is 1310. The number of nitrogens with zero attached hydrogens (tertiary/aromatic N) is 2. The highest BCUT2D eigenvalue weighted by Crippen LogP contribution is 2.31. The average Bonchev–Trinajstić information content (AvgIpc) is 3.24. The van der Waals surface area contributed by atoms with Gasteiger partial charge in [0.25, 0.3) is 0 Å². The molecule has 0 radical (unpaired) electrons. The summed E-state index contributed by atoms with van der Waals surface area (Å²) in [7, 11) is 1.66. The third-order valence-corrected chi connectivity index (χ3v) is 5.84. The number of aryl methyl sites for hydroxylation is 1. The molecule has 182 valence electrons. The van der Waals surface area contributed by atoms with Gasteiger partial charge < -0.3 is 19.2 Å². The molecule has 0 saturated carbocycles. The maximum Gasteiger partial charge on any atom is 0.220 e. The molecule has 6 heteroatoms. The summed E-state index contributed by atoms with van der Waals surface area (Å²) in [5, 5.41) is 3.02. The number of pyridine rings is 1. The van der Waals surface area contributed by atoms with E-state index in [0.29, 0.717) is 31.9 Å². The fraction of sp³-hybridized carbons (Fsp3) is 0.310. The van der Waals surface area contributed by atoms with Crippen molar-refractivity contribution >= 4 is 11.6 Å². The fourth-order valence-electron chi connectivity index (χ4n) is 4.07. The molecule has 0 atom stereocenters. The fourth-order valence-corrected chi connectivity index (χ4v) is 4.07. The highest BCUT2D eigenvalue weighted by Gasteiger charge is 2.17. The minimum atomic E-state index is 0.0470. The lowest BCUT2D eigenvalue weighted by Gasteiger charge is -2.10. The summed E-state index contributed by atoms with van der Waals surface area (Å²) in [6.45, 7) is 7.46. The zero-order valence-corrected chi connectivity index (χ0v) is 20.9. The van der Waals surface area contributed by atoms with Gasteiger partial charge in [-0.3, -0.25) is 4.79 Å². The second-order valence-electron chi connectivity index (χ2n) is 8.94. The molecular weight excluding hydrogens is 438 g/mol. The maximum atomic E-state index is 12.5. The van der Waals surface area contributed by atoms with Crippen LogP contribution in [0.2, 0.25) is 0 Å². The van der Waals surface area contributed by atoms with E-state index in [-0.39, 0.29) is 5.91 Å². The summed E-state index contributed by atoms with van der Waals surface area (Å²) in [6, 6.07) is 20.1. The van der Waals surface area contributed by atoms with Crippen molar-refractivity contribution in [3.8, 4) is 33.9 Å².